The molecule has 0 bridgehead atoms. The number of amides is 1. The summed E-state index contributed by atoms with van der Waals surface area (Å²) in [5, 5.41) is 3.40. The maximum Gasteiger partial charge on any atom is 0.410 e. The van der Waals surface area contributed by atoms with E-state index in [4.69, 9.17) is 14.2 Å². The SMILES string of the molecule is CCC(C)C(C)C1OC1CC(C)(C)/C=C/C=C(\C)C1OC(=O)CC(C)CCC(C)C(OC(=O)N(C)C2CCCCC2NC)/C=C/C1C. The molecule has 1 saturated carbocycles. The molecule has 2 fully saturated rings. The number of epoxide rings is 1. The molecule has 0 aromatic rings. The number of likely N-dealkylation sites (N-methyl/N-ethyl adjacent to an activating group) is 2. The number of carbonyl (C=O) groups is 2. The summed E-state index contributed by atoms with van der Waals surface area (Å²) in [5.74, 6) is 1.31. The van der Waals surface area contributed by atoms with Gasteiger partial charge in [0.2, 0.25) is 0 Å². The van der Waals surface area contributed by atoms with E-state index in [9.17, 15) is 9.59 Å². The molecule has 1 amide bonds. The van der Waals surface area contributed by atoms with Crippen molar-refractivity contribution in [1.82, 2.24) is 10.2 Å². The quantitative estimate of drug-likeness (QED) is 0.104. The van der Waals surface area contributed by atoms with Gasteiger partial charge in [0.1, 0.15) is 12.2 Å². The van der Waals surface area contributed by atoms with E-state index in [0.717, 1.165) is 44.1 Å². The molecule has 7 nitrogen and oxygen atoms in total. The van der Waals surface area contributed by atoms with E-state index in [0.29, 0.717) is 30.5 Å². The second-order valence-electron chi connectivity index (χ2n) is 16.1. The smallest absolute Gasteiger partial charge is 0.410 e. The van der Waals surface area contributed by atoms with Gasteiger partial charge in [-0.2, -0.15) is 0 Å². The molecule has 3 rings (SSSR count). The van der Waals surface area contributed by atoms with Crippen molar-refractivity contribution >= 4 is 12.1 Å². The highest BCUT2D eigenvalue weighted by Crippen LogP contribution is 2.41. The molecule has 7 heteroatoms. The van der Waals surface area contributed by atoms with Gasteiger partial charge in [-0.25, -0.2) is 4.79 Å². The minimum absolute atomic E-state index is 0.0132. The van der Waals surface area contributed by atoms with Crippen LogP contribution in [0.25, 0.3) is 0 Å². The van der Waals surface area contributed by atoms with Crippen LogP contribution in [0.2, 0.25) is 0 Å². The summed E-state index contributed by atoms with van der Waals surface area (Å²) in [4.78, 5) is 28.3. The molecule has 268 valence electrons. The van der Waals surface area contributed by atoms with Crippen molar-refractivity contribution < 1.29 is 23.8 Å². The largest absolute Gasteiger partial charge is 0.457 e. The minimum atomic E-state index is -0.404. The topological polar surface area (TPSA) is 80.4 Å². The lowest BCUT2D eigenvalue weighted by molar-refractivity contribution is -0.149. The monoisotopic (exact) mass is 657 g/mol. The Hall–Kier alpha value is -2.12. The maximum absolute atomic E-state index is 13.5. The lowest BCUT2D eigenvalue weighted by atomic mass is 9.83. The highest BCUT2D eigenvalue weighted by Gasteiger charge is 2.46. The Morgan fingerprint density at radius 3 is 2.51 bits per heavy atom. The van der Waals surface area contributed by atoms with Gasteiger partial charge >= 0.3 is 12.1 Å². The van der Waals surface area contributed by atoms with Gasteiger partial charge in [-0.1, -0.05) is 99.0 Å². The number of hydrogen-bond donors (Lipinski definition) is 1. The number of esters is 1. The van der Waals surface area contributed by atoms with Crippen LogP contribution in [0.5, 0.6) is 0 Å². The number of nitrogens with zero attached hydrogens (tertiary/aromatic N) is 1. The van der Waals surface area contributed by atoms with Crippen LogP contribution in [0, 0.1) is 35.0 Å². The lowest BCUT2D eigenvalue weighted by Crippen LogP contribution is -2.52. The molecule has 11 atom stereocenters. The zero-order chi connectivity index (χ0) is 34.9. The Kier molecular flexibility index (Phi) is 15.1. The van der Waals surface area contributed by atoms with Crippen molar-refractivity contribution in [3.63, 3.8) is 0 Å². The molecule has 1 saturated heterocycles. The first-order chi connectivity index (χ1) is 22.2. The molecule has 47 heavy (non-hydrogen) atoms. The summed E-state index contributed by atoms with van der Waals surface area (Å²) >= 11 is 0. The first kappa shape index (κ1) is 39.3. The number of nitrogens with one attached hydrogen (secondary N) is 1. The Labute approximate surface area is 287 Å². The summed E-state index contributed by atoms with van der Waals surface area (Å²) in [5.41, 5.74) is 0.982. The van der Waals surface area contributed by atoms with Gasteiger partial charge in [0.15, 0.2) is 0 Å². The van der Waals surface area contributed by atoms with Crippen LogP contribution in [0.4, 0.5) is 4.79 Å². The molecular weight excluding hydrogens is 588 g/mol. The molecule has 2 aliphatic heterocycles. The average molecular weight is 657 g/mol. The van der Waals surface area contributed by atoms with Gasteiger partial charge in [-0.3, -0.25) is 4.79 Å². The fourth-order valence-electron chi connectivity index (χ4n) is 7.50. The van der Waals surface area contributed by atoms with Gasteiger partial charge < -0.3 is 24.4 Å². The number of carbonyl (C=O) groups excluding carboxylic acids is 2. The highest BCUT2D eigenvalue weighted by atomic mass is 16.6. The highest BCUT2D eigenvalue weighted by molar-refractivity contribution is 5.70. The van der Waals surface area contributed by atoms with Crippen molar-refractivity contribution in [2.24, 2.45) is 35.0 Å². The van der Waals surface area contributed by atoms with Crippen LogP contribution in [0.3, 0.4) is 0 Å². The molecule has 0 aromatic heterocycles. The summed E-state index contributed by atoms with van der Waals surface area (Å²) in [6.07, 6.45) is 18.9. The number of ether oxygens (including phenoxy) is 3. The summed E-state index contributed by atoms with van der Waals surface area (Å²) in [6.45, 7) is 19.8. The number of hydrogen-bond acceptors (Lipinski definition) is 6. The van der Waals surface area contributed by atoms with Crippen molar-refractivity contribution in [2.45, 2.75) is 157 Å². The third-order valence-electron chi connectivity index (χ3n) is 11.4. The van der Waals surface area contributed by atoms with E-state index in [-0.39, 0.29) is 53.4 Å². The van der Waals surface area contributed by atoms with Crippen LogP contribution in [0.1, 0.15) is 120 Å². The molecule has 2 heterocycles. The maximum atomic E-state index is 13.5. The van der Waals surface area contributed by atoms with Crippen LogP contribution in [0.15, 0.2) is 36.0 Å². The zero-order valence-corrected chi connectivity index (χ0v) is 31.6. The molecule has 0 spiro atoms. The molecule has 11 unspecified atom stereocenters. The second-order valence-corrected chi connectivity index (χ2v) is 16.1. The van der Waals surface area contributed by atoms with Gasteiger partial charge in [0.05, 0.1) is 12.2 Å². The van der Waals surface area contributed by atoms with Gasteiger partial charge in [0.25, 0.3) is 0 Å². The van der Waals surface area contributed by atoms with Gasteiger partial charge in [-0.05, 0) is 86.8 Å². The van der Waals surface area contributed by atoms with E-state index in [1.54, 1.807) is 4.90 Å². The first-order valence-electron chi connectivity index (χ1n) is 18.7. The summed E-state index contributed by atoms with van der Waals surface area (Å²) in [6, 6.07) is 0.417. The molecule has 1 aliphatic carbocycles. The number of rotatable bonds is 11. The van der Waals surface area contributed by atoms with Crippen molar-refractivity contribution in [1.29, 1.82) is 0 Å². The molecule has 0 radical (unpaired) electrons. The second kappa shape index (κ2) is 18.0. The van der Waals surface area contributed by atoms with Crippen molar-refractivity contribution in [2.75, 3.05) is 14.1 Å². The number of cyclic esters (lactones) is 1. The predicted molar refractivity (Wildman–Crippen MR) is 192 cm³/mol. The van der Waals surface area contributed by atoms with Crippen LogP contribution < -0.4 is 5.32 Å². The third kappa shape index (κ3) is 11.8. The van der Waals surface area contributed by atoms with Gasteiger partial charge in [0, 0.05) is 31.5 Å². The van der Waals surface area contributed by atoms with E-state index in [1.807, 2.05) is 27.1 Å². The first-order valence-corrected chi connectivity index (χ1v) is 18.7. The van der Waals surface area contributed by atoms with Crippen LogP contribution in [-0.2, 0) is 19.0 Å². The molecular formula is C40H68N2O5. The van der Waals surface area contributed by atoms with E-state index < -0.39 is 6.10 Å². The van der Waals surface area contributed by atoms with Gasteiger partial charge in [-0.15, -0.1) is 0 Å². The van der Waals surface area contributed by atoms with Crippen LogP contribution >= 0.6 is 0 Å². The summed E-state index contributed by atoms with van der Waals surface area (Å²) in [7, 11) is 3.85. The van der Waals surface area contributed by atoms with Crippen molar-refractivity contribution in [3.05, 3.63) is 36.0 Å². The standard InChI is InChI=1S/C40H68N2O5/c1-12-27(3)31(7)38-35(45-38)25-40(8,9)23-15-16-29(5)37-30(6)21-22-34(28(4)20-19-26(2)24-36(43)47-37)46-39(44)42(11)33-18-14-13-17-32(33)41-10/h15-16,21-23,26-28,30-35,37-38,41H,12-14,17-20,24-25H2,1-11H3/b22-21+,23-15+,29-16+. The minimum Gasteiger partial charge on any atom is -0.457 e. The predicted octanol–water partition coefficient (Wildman–Crippen LogP) is 8.88. The van der Waals surface area contributed by atoms with E-state index in [2.05, 4.69) is 85.0 Å². The van der Waals surface area contributed by atoms with Crippen LogP contribution in [-0.4, -0.2) is 67.6 Å². The number of allylic oxidation sites excluding steroid dienone is 3. The summed E-state index contributed by atoms with van der Waals surface area (Å²) < 4.78 is 18.5. The molecule has 1 N–H and O–H groups in total. The third-order valence-corrected chi connectivity index (χ3v) is 11.4. The average Bonchev–Trinajstić information content (AvgIpc) is 3.80. The molecule has 0 aromatic carbocycles. The zero-order valence-electron chi connectivity index (χ0n) is 31.6. The Balaban J connectivity index is 1.73. The van der Waals surface area contributed by atoms with Crippen molar-refractivity contribution in [3.8, 4) is 0 Å². The Bertz CT molecular complexity index is 1100. The van der Waals surface area contributed by atoms with E-state index >= 15 is 0 Å². The fourth-order valence-corrected chi connectivity index (χ4v) is 7.50. The normalized spacial score (nSPS) is 34.8. The lowest BCUT2D eigenvalue weighted by Gasteiger charge is -2.38. The Morgan fingerprint density at radius 2 is 1.83 bits per heavy atom. The molecule has 3 aliphatic rings. The Morgan fingerprint density at radius 1 is 1.13 bits per heavy atom. The van der Waals surface area contributed by atoms with E-state index in [1.165, 1.54) is 12.8 Å². The fraction of sp³-hybridized carbons (Fsp3) is 0.800.